The summed E-state index contributed by atoms with van der Waals surface area (Å²) in [7, 11) is 1.62. The second-order valence-corrected chi connectivity index (χ2v) is 4.66. The van der Waals surface area contributed by atoms with Crippen molar-refractivity contribution in [1.29, 1.82) is 5.26 Å². The number of methoxy groups -OCH3 is 1. The van der Waals surface area contributed by atoms with Crippen molar-refractivity contribution in [1.82, 2.24) is 10.2 Å². The Kier molecular flexibility index (Phi) is 5.22. The fourth-order valence-corrected chi connectivity index (χ4v) is 2.44. The number of nitriles is 1. The van der Waals surface area contributed by atoms with E-state index in [9.17, 15) is 5.26 Å². The number of nitrogens with zero attached hydrogens (tertiary/aromatic N) is 2. The van der Waals surface area contributed by atoms with E-state index in [0.717, 1.165) is 37.5 Å². The van der Waals surface area contributed by atoms with Gasteiger partial charge in [-0.3, -0.25) is 4.90 Å². The van der Waals surface area contributed by atoms with Gasteiger partial charge >= 0.3 is 0 Å². The summed E-state index contributed by atoms with van der Waals surface area (Å²) in [4.78, 5) is 2.19. The van der Waals surface area contributed by atoms with Crippen molar-refractivity contribution in [2.45, 2.75) is 13.0 Å². The third kappa shape index (κ3) is 3.21. The number of hydrogen-bond acceptors (Lipinski definition) is 5. The van der Waals surface area contributed by atoms with Crippen LogP contribution in [0.4, 0.5) is 0 Å². The van der Waals surface area contributed by atoms with Crippen LogP contribution in [-0.2, 0) is 0 Å². The summed E-state index contributed by atoms with van der Waals surface area (Å²) < 4.78 is 10.9. The lowest BCUT2D eigenvalue weighted by atomic mass is 10.0. The maximum atomic E-state index is 9.48. The second-order valence-electron chi connectivity index (χ2n) is 4.66. The molecular weight excluding hydrogens is 254 g/mol. The number of rotatable bonds is 5. The predicted molar refractivity (Wildman–Crippen MR) is 77.0 cm³/mol. The van der Waals surface area contributed by atoms with E-state index in [0.29, 0.717) is 12.4 Å². The first-order chi connectivity index (χ1) is 9.80. The van der Waals surface area contributed by atoms with Crippen LogP contribution in [0.3, 0.4) is 0 Å². The first kappa shape index (κ1) is 14.6. The molecule has 1 atom stereocenters. The lowest BCUT2D eigenvalue weighted by Gasteiger charge is -2.31. The van der Waals surface area contributed by atoms with Crippen LogP contribution in [0.25, 0.3) is 0 Å². The summed E-state index contributed by atoms with van der Waals surface area (Å²) >= 11 is 0. The monoisotopic (exact) mass is 275 g/mol. The molecule has 1 N–H and O–H groups in total. The van der Waals surface area contributed by atoms with Gasteiger partial charge in [0.1, 0.15) is 6.04 Å². The fourth-order valence-electron chi connectivity index (χ4n) is 2.44. The molecule has 0 aliphatic carbocycles. The summed E-state index contributed by atoms with van der Waals surface area (Å²) in [5, 5.41) is 12.8. The van der Waals surface area contributed by atoms with Gasteiger partial charge in [-0.25, -0.2) is 0 Å². The first-order valence-corrected chi connectivity index (χ1v) is 6.95. The van der Waals surface area contributed by atoms with Gasteiger partial charge in [-0.2, -0.15) is 5.26 Å². The molecule has 5 heteroatoms. The number of ether oxygens (including phenoxy) is 2. The Bertz CT molecular complexity index is 478. The Hall–Kier alpha value is -1.77. The molecule has 0 radical (unpaired) electrons. The molecule has 1 aromatic carbocycles. The van der Waals surface area contributed by atoms with E-state index in [-0.39, 0.29) is 6.04 Å². The number of benzene rings is 1. The molecule has 0 saturated carbocycles. The molecule has 1 saturated heterocycles. The lowest BCUT2D eigenvalue weighted by Crippen LogP contribution is -2.44. The van der Waals surface area contributed by atoms with Crippen LogP contribution in [0.5, 0.6) is 11.5 Å². The lowest BCUT2D eigenvalue weighted by molar-refractivity contribution is 0.207. The van der Waals surface area contributed by atoms with Crippen LogP contribution in [0.1, 0.15) is 18.5 Å². The summed E-state index contributed by atoms with van der Waals surface area (Å²) in [6, 6.07) is 7.89. The Balaban J connectivity index is 2.23. The van der Waals surface area contributed by atoms with Crippen molar-refractivity contribution < 1.29 is 9.47 Å². The predicted octanol–water partition coefficient (Wildman–Crippen LogP) is 1.56. The summed E-state index contributed by atoms with van der Waals surface area (Å²) in [6.07, 6.45) is 0. The fraction of sp³-hybridized carbons (Fsp3) is 0.533. The maximum Gasteiger partial charge on any atom is 0.161 e. The molecule has 5 nitrogen and oxygen atoms in total. The minimum Gasteiger partial charge on any atom is -0.493 e. The van der Waals surface area contributed by atoms with E-state index in [1.165, 1.54) is 0 Å². The molecule has 20 heavy (non-hydrogen) atoms. The summed E-state index contributed by atoms with van der Waals surface area (Å²) in [6.45, 7) is 6.14. The van der Waals surface area contributed by atoms with Gasteiger partial charge in [0.05, 0.1) is 19.8 Å². The van der Waals surface area contributed by atoms with Crippen molar-refractivity contribution in [3.8, 4) is 17.6 Å². The van der Waals surface area contributed by atoms with Gasteiger partial charge in [0.2, 0.25) is 0 Å². The standard InChI is InChI=1S/C15H21N3O2/c1-3-20-14-5-4-12(10-15(14)19-2)13(11-16)18-8-6-17-7-9-18/h4-5,10,13,17H,3,6-9H2,1-2H3. The molecule has 108 valence electrons. The average molecular weight is 275 g/mol. The van der Waals surface area contributed by atoms with E-state index in [1.54, 1.807) is 7.11 Å². The van der Waals surface area contributed by atoms with Crippen molar-refractivity contribution in [3.05, 3.63) is 23.8 Å². The Labute approximate surface area is 120 Å². The van der Waals surface area contributed by atoms with Crippen molar-refractivity contribution >= 4 is 0 Å². The molecule has 1 fully saturated rings. The van der Waals surface area contributed by atoms with Crippen molar-refractivity contribution in [2.24, 2.45) is 0 Å². The van der Waals surface area contributed by atoms with E-state index < -0.39 is 0 Å². The zero-order valence-electron chi connectivity index (χ0n) is 12.1. The molecule has 1 aliphatic rings. The smallest absolute Gasteiger partial charge is 0.161 e. The topological polar surface area (TPSA) is 57.5 Å². The zero-order valence-corrected chi connectivity index (χ0v) is 12.1. The largest absolute Gasteiger partial charge is 0.493 e. The highest BCUT2D eigenvalue weighted by Gasteiger charge is 2.22. The normalized spacial score (nSPS) is 17.2. The Morgan fingerprint density at radius 1 is 1.35 bits per heavy atom. The number of nitrogens with one attached hydrogen (secondary N) is 1. The van der Waals surface area contributed by atoms with E-state index >= 15 is 0 Å². The van der Waals surface area contributed by atoms with E-state index in [1.807, 2.05) is 25.1 Å². The zero-order chi connectivity index (χ0) is 14.4. The Morgan fingerprint density at radius 2 is 2.10 bits per heavy atom. The van der Waals surface area contributed by atoms with Gasteiger partial charge in [-0.05, 0) is 24.6 Å². The minimum atomic E-state index is -0.235. The van der Waals surface area contributed by atoms with Crippen molar-refractivity contribution in [3.63, 3.8) is 0 Å². The number of piperazine rings is 1. The second kappa shape index (κ2) is 7.13. The minimum absolute atomic E-state index is 0.235. The first-order valence-electron chi connectivity index (χ1n) is 6.95. The van der Waals surface area contributed by atoms with Gasteiger partial charge in [0, 0.05) is 26.2 Å². The van der Waals surface area contributed by atoms with Crippen LogP contribution in [0.2, 0.25) is 0 Å². The molecule has 1 aromatic rings. The summed E-state index contributed by atoms with van der Waals surface area (Å²) in [5.74, 6) is 1.40. The van der Waals surface area contributed by atoms with E-state index in [2.05, 4.69) is 16.3 Å². The van der Waals surface area contributed by atoms with Crippen LogP contribution >= 0.6 is 0 Å². The quantitative estimate of drug-likeness (QED) is 0.884. The highest BCUT2D eigenvalue weighted by Crippen LogP contribution is 2.32. The molecule has 1 heterocycles. The van der Waals surface area contributed by atoms with Gasteiger partial charge in [0.25, 0.3) is 0 Å². The molecule has 0 aromatic heterocycles. The number of hydrogen-bond donors (Lipinski definition) is 1. The highest BCUT2D eigenvalue weighted by atomic mass is 16.5. The van der Waals surface area contributed by atoms with Gasteiger partial charge < -0.3 is 14.8 Å². The van der Waals surface area contributed by atoms with Crippen molar-refractivity contribution in [2.75, 3.05) is 39.9 Å². The third-order valence-electron chi connectivity index (χ3n) is 3.44. The van der Waals surface area contributed by atoms with Gasteiger partial charge in [-0.15, -0.1) is 0 Å². The van der Waals surface area contributed by atoms with Crippen LogP contribution in [0, 0.1) is 11.3 Å². The Morgan fingerprint density at radius 3 is 2.70 bits per heavy atom. The van der Waals surface area contributed by atoms with E-state index in [4.69, 9.17) is 9.47 Å². The van der Waals surface area contributed by atoms with Crippen LogP contribution in [0.15, 0.2) is 18.2 Å². The van der Waals surface area contributed by atoms with Gasteiger partial charge in [-0.1, -0.05) is 6.07 Å². The van der Waals surface area contributed by atoms with Crippen LogP contribution in [-0.4, -0.2) is 44.8 Å². The molecule has 0 bridgehead atoms. The van der Waals surface area contributed by atoms with Gasteiger partial charge in [0.15, 0.2) is 11.5 Å². The molecule has 2 rings (SSSR count). The van der Waals surface area contributed by atoms with Crippen LogP contribution < -0.4 is 14.8 Å². The molecule has 0 amide bonds. The summed E-state index contributed by atoms with van der Waals surface area (Å²) in [5.41, 5.74) is 0.953. The average Bonchev–Trinajstić information content (AvgIpc) is 2.50. The molecule has 1 aliphatic heterocycles. The molecular formula is C15H21N3O2. The molecule has 1 unspecified atom stereocenters. The maximum absolute atomic E-state index is 9.48. The molecule has 0 spiro atoms. The SMILES string of the molecule is CCOc1ccc(C(C#N)N2CCNCC2)cc1OC. The third-order valence-corrected chi connectivity index (χ3v) is 3.44. The highest BCUT2D eigenvalue weighted by molar-refractivity contribution is 5.44.